The van der Waals surface area contributed by atoms with Crippen LogP contribution in [0.5, 0.6) is 17.2 Å². The molecule has 0 bridgehead atoms. The lowest BCUT2D eigenvalue weighted by Gasteiger charge is -2.11. The van der Waals surface area contributed by atoms with Gasteiger partial charge in [0.2, 0.25) is 5.75 Å². The molecule has 0 aromatic heterocycles. The van der Waals surface area contributed by atoms with Crippen LogP contribution in [0.15, 0.2) is 30.3 Å². The Labute approximate surface area is 140 Å². The number of hydrogen-bond donors (Lipinski definition) is 2. The number of benzene rings is 2. The van der Waals surface area contributed by atoms with E-state index in [0.717, 1.165) is 11.1 Å². The Morgan fingerprint density at radius 2 is 1.58 bits per heavy atom. The number of ether oxygens (including phenoxy) is 2. The van der Waals surface area contributed by atoms with Crippen LogP contribution in [0.4, 0.5) is 0 Å². The van der Waals surface area contributed by atoms with Crippen molar-refractivity contribution in [3.8, 4) is 17.2 Å². The second-order valence-electron chi connectivity index (χ2n) is 5.44. The Kier molecular flexibility index (Phi) is 5.14. The molecule has 24 heavy (non-hydrogen) atoms. The Morgan fingerprint density at radius 1 is 1.00 bits per heavy atom. The summed E-state index contributed by atoms with van der Waals surface area (Å²) in [4.78, 5) is 11.7. The predicted molar refractivity (Wildman–Crippen MR) is 92.6 cm³/mol. The third kappa shape index (κ3) is 3.51. The van der Waals surface area contributed by atoms with Gasteiger partial charge in [0.05, 0.1) is 19.8 Å². The van der Waals surface area contributed by atoms with Crippen molar-refractivity contribution in [3.05, 3.63) is 52.6 Å². The van der Waals surface area contributed by atoms with E-state index in [4.69, 9.17) is 9.47 Å². The number of aryl methyl sites for hydroxylation is 2. The lowest BCUT2D eigenvalue weighted by Crippen LogP contribution is -2.01. The van der Waals surface area contributed by atoms with E-state index in [1.807, 2.05) is 26.0 Å². The lowest BCUT2D eigenvalue weighted by molar-refractivity contribution is -0.130. The molecule has 2 aromatic rings. The highest BCUT2D eigenvalue weighted by Crippen LogP contribution is 2.38. The average molecular weight is 328 g/mol. The van der Waals surface area contributed by atoms with Gasteiger partial charge in [0, 0.05) is 0 Å². The first-order valence-electron chi connectivity index (χ1n) is 7.35. The molecular weight excluding hydrogens is 308 g/mol. The van der Waals surface area contributed by atoms with Gasteiger partial charge in [-0.3, -0.25) is 0 Å². The summed E-state index contributed by atoms with van der Waals surface area (Å²) in [5.41, 5.74) is 3.42. The number of phenolic OH excluding ortho intramolecular Hbond substituents is 1. The van der Waals surface area contributed by atoms with E-state index in [1.165, 1.54) is 20.3 Å². The summed E-state index contributed by atoms with van der Waals surface area (Å²) in [6, 6.07) is 8.62. The van der Waals surface area contributed by atoms with E-state index in [1.54, 1.807) is 18.2 Å². The maximum absolute atomic E-state index is 11.7. The maximum Gasteiger partial charge on any atom is 0.336 e. The molecule has 126 valence electrons. The fourth-order valence-corrected chi connectivity index (χ4v) is 2.34. The number of aromatic hydroxyl groups is 1. The SMILES string of the molecule is COc1cc(/C=C(\C(=O)O)c2ccc(C)c(C)c2)cc(OC)c1O. The summed E-state index contributed by atoms with van der Waals surface area (Å²) >= 11 is 0. The van der Waals surface area contributed by atoms with E-state index in [-0.39, 0.29) is 22.8 Å². The van der Waals surface area contributed by atoms with Crippen LogP contribution in [0.2, 0.25) is 0 Å². The summed E-state index contributed by atoms with van der Waals surface area (Å²) in [6.07, 6.45) is 1.52. The highest BCUT2D eigenvalue weighted by atomic mass is 16.5. The van der Waals surface area contributed by atoms with Gasteiger partial charge in [-0.1, -0.05) is 18.2 Å². The predicted octanol–water partition coefficient (Wildman–Crippen LogP) is 3.65. The smallest absolute Gasteiger partial charge is 0.336 e. The van der Waals surface area contributed by atoms with Crippen molar-refractivity contribution >= 4 is 17.6 Å². The molecular formula is C19H20O5. The topological polar surface area (TPSA) is 76.0 Å². The second kappa shape index (κ2) is 7.08. The van der Waals surface area contributed by atoms with Crippen LogP contribution < -0.4 is 9.47 Å². The number of rotatable bonds is 5. The summed E-state index contributed by atoms with van der Waals surface area (Å²) in [7, 11) is 2.84. The van der Waals surface area contributed by atoms with E-state index in [2.05, 4.69) is 0 Å². The minimum absolute atomic E-state index is 0.125. The molecule has 5 heteroatoms. The molecule has 0 aliphatic rings. The van der Waals surface area contributed by atoms with Gasteiger partial charge >= 0.3 is 5.97 Å². The first-order chi connectivity index (χ1) is 11.4. The zero-order valence-electron chi connectivity index (χ0n) is 14.1. The molecule has 2 N–H and O–H groups in total. The number of hydrogen-bond acceptors (Lipinski definition) is 4. The summed E-state index contributed by atoms with van der Waals surface area (Å²) in [5.74, 6) is -0.736. The largest absolute Gasteiger partial charge is 0.502 e. The molecule has 0 saturated heterocycles. The second-order valence-corrected chi connectivity index (χ2v) is 5.44. The van der Waals surface area contributed by atoms with Gasteiger partial charge < -0.3 is 19.7 Å². The molecule has 0 aliphatic heterocycles. The van der Waals surface area contributed by atoms with E-state index >= 15 is 0 Å². The van der Waals surface area contributed by atoms with Crippen molar-refractivity contribution in [1.29, 1.82) is 0 Å². The van der Waals surface area contributed by atoms with Crippen molar-refractivity contribution in [2.24, 2.45) is 0 Å². The Hall–Kier alpha value is -2.95. The van der Waals surface area contributed by atoms with Crippen molar-refractivity contribution in [3.63, 3.8) is 0 Å². The first-order valence-corrected chi connectivity index (χ1v) is 7.35. The fourth-order valence-electron chi connectivity index (χ4n) is 2.34. The van der Waals surface area contributed by atoms with Gasteiger partial charge in [0.1, 0.15) is 0 Å². The molecule has 5 nitrogen and oxygen atoms in total. The van der Waals surface area contributed by atoms with E-state index < -0.39 is 5.97 Å². The Balaban J connectivity index is 2.59. The monoisotopic (exact) mass is 328 g/mol. The van der Waals surface area contributed by atoms with E-state index in [0.29, 0.717) is 11.1 Å². The molecule has 0 fully saturated rings. The molecule has 0 atom stereocenters. The van der Waals surface area contributed by atoms with Crippen LogP contribution >= 0.6 is 0 Å². The van der Waals surface area contributed by atoms with Crippen LogP contribution in [0.25, 0.3) is 11.6 Å². The summed E-state index contributed by atoms with van der Waals surface area (Å²) in [6.45, 7) is 3.91. The van der Waals surface area contributed by atoms with E-state index in [9.17, 15) is 15.0 Å². The third-order valence-electron chi connectivity index (χ3n) is 3.86. The minimum atomic E-state index is -1.04. The van der Waals surface area contributed by atoms with Gasteiger partial charge in [0.15, 0.2) is 11.5 Å². The fraction of sp³-hybridized carbons (Fsp3) is 0.211. The number of phenols is 1. The van der Waals surface area contributed by atoms with Crippen molar-refractivity contribution in [2.75, 3.05) is 14.2 Å². The molecule has 2 aromatic carbocycles. The number of methoxy groups -OCH3 is 2. The maximum atomic E-state index is 11.7. The number of carboxylic acids is 1. The molecule has 0 amide bonds. The molecule has 2 rings (SSSR count). The lowest BCUT2D eigenvalue weighted by atomic mass is 9.98. The number of carbonyl (C=O) groups is 1. The Bertz CT molecular complexity index is 780. The number of aliphatic carboxylic acids is 1. The zero-order chi connectivity index (χ0) is 17.9. The standard InChI is InChI=1S/C19H20O5/c1-11-5-6-14(7-12(11)2)15(19(21)22)8-13-9-16(23-3)18(20)17(10-13)24-4/h5-10,20H,1-4H3,(H,21,22)/b15-8-. The molecule has 0 heterocycles. The van der Waals surface area contributed by atoms with Crippen molar-refractivity contribution in [1.82, 2.24) is 0 Å². The molecule has 0 unspecified atom stereocenters. The average Bonchev–Trinajstić information content (AvgIpc) is 2.56. The van der Waals surface area contributed by atoms with Crippen LogP contribution in [-0.4, -0.2) is 30.4 Å². The minimum Gasteiger partial charge on any atom is -0.502 e. The first kappa shape index (κ1) is 17.4. The van der Waals surface area contributed by atoms with Gasteiger partial charge in [-0.2, -0.15) is 0 Å². The molecule has 0 saturated carbocycles. The molecule has 0 radical (unpaired) electrons. The normalized spacial score (nSPS) is 11.2. The van der Waals surface area contributed by atoms with Gasteiger partial charge in [-0.25, -0.2) is 4.79 Å². The number of carboxylic acid groups (broad SMARTS) is 1. The summed E-state index contributed by atoms with van der Waals surface area (Å²) in [5, 5.41) is 19.5. The van der Waals surface area contributed by atoms with Gasteiger partial charge in [0.25, 0.3) is 0 Å². The highest BCUT2D eigenvalue weighted by molar-refractivity contribution is 6.20. The van der Waals surface area contributed by atoms with Crippen LogP contribution in [-0.2, 0) is 4.79 Å². The Morgan fingerprint density at radius 3 is 2.04 bits per heavy atom. The van der Waals surface area contributed by atoms with Crippen molar-refractivity contribution < 1.29 is 24.5 Å². The van der Waals surface area contributed by atoms with Crippen molar-refractivity contribution in [2.45, 2.75) is 13.8 Å². The van der Waals surface area contributed by atoms with Gasteiger partial charge in [-0.15, -0.1) is 0 Å². The van der Waals surface area contributed by atoms with Crippen LogP contribution in [0.3, 0.4) is 0 Å². The van der Waals surface area contributed by atoms with Gasteiger partial charge in [-0.05, 0) is 54.3 Å². The van der Waals surface area contributed by atoms with Crippen LogP contribution in [0.1, 0.15) is 22.3 Å². The quantitative estimate of drug-likeness (QED) is 0.647. The highest BCUT2D eigenvalue weighted by Gasteiger charge is 2.14. The zero-order valence-corrected chi connectivity index (χ0v) is 14.1. The van der Waals surface area contributed by atoms with Crippen LogP contribution in [0, 0.1) is 13.8 Å². The molecule has 0 spiro atoms. The third-order valence-corrected chi connectivity index (χ3v) is 3.86. The summed E-state index contributed by atoms with van der Waals surface area (Å²) < 4.78 is 10.2. The molecule has 0 aliphatic carbocycles.